The lowest BCUT2D eigenvalue weighted by Gasteiger charge is -2.28. The molecule has 0 amide bonds. The van der Waals surface area contributed by atoms with Gasteiger partial charge in [-0.05, 0) is 73.2 Å². The second kappa shape index (κ2) is 14.3. The lowest BCUT2D eigenvalue weighted by atomic mass is 9.83. The summed E-state index contributed by atoms with van der Waals surface area (Å²) >= 11 is 0. The predicted octanol–water partition coefficient (Wildman–Crippen LogP) is 6.13. The van der Waals surface area contributed by atoms with Crippen LogP contribution in [-0.2, 0) is 9.59 Å². The molecule has 0 aromatic heterocycles. The van der Waals surface area contributed by atoms with Gasteiger partial charge in [0.25, 0.3) is 0 Å². The number of hydrogen-bond acceptors (Lipinski definition) is 8. The lowest BCUT2D eigenvalue weighted by molar-refractivity contribution is -0.140. The van der Waals surface area contributed by atoms with Crippen LogP contribution in [0.3, 0.4) is 0 Å². The van der Waals surface area contributed by atoms with Gasteiger partial charge >= 0.3 is 11.9 Å². The molecular weight excluding hydrogens is 524 g/mol. The SMILES string of the molecule is O=C(Oc1ccc(C=C(O)C(CO)(CO)C(O)=Cc2ccc(OC(=O)C3CCCCC3)cc2)cc1)C1CCCCC1. The zero-order chi connectivity index (χ0) is 29.2. The molecule has 2 aromatic rings. The van der Waals surface area contributed by atoms with Gasteiger partial charge in [0.15, 0.2) is 0 Å². The molecular formula is C33H40O8. The fourth-order valence-corrected chi connectivity index (χ4v) is 5.44. The highest BCUT2D eigenvalue weighted by Crippen LogP contribution is 2.35. The smallest absolute Gasteiger partial charge is 0.314 e. The molecule has 2 aromatic carbocycles. The van der Waals surface area contributed by atoms with Crippen LogP contribution in [0.25, 0.3) is 12.2 Å². The van der Waals surface area contributed by atoms with Crippen molar-refractivity contribution in [1.29, 1.82) is 0 Å². The Kier molecular flexibility index (Phi) is 10.6. The molecule has 41 heavy (non-hydrogen) atoms. The van der Waals surface area contributed by atoms with E-state index in [0.717, 1.165) is 64.2 Å². The highest BCUT2D eigenvalue weighted by Gasteiger charge is 2.38. The standard InChI is InChI=1S/C33H40O8/c34-21-33(22-35,29(36)19-23-11-15-27(16-12-23)40-31(38)25-7-3-1-4-8-25)30(37)20-24-13-17-28(18-14-24)41-32(39)26-9-5-2-6-10-26/h11-20,25-26,34-37H,1-10,21-22H2. The van der Waals surface area contributed by atoms with Gasteiger partial charge in [-0.1, -0.05) is 62.8 Å². The molecule has 2 saturated carbocycles. The van der Waals surface area contributed by atoms with Crippen LogP contribution >= 0.6 is 0 Å². The maximum atomic E-state index is 12.4. The van der Waals surface area contributed by atoms with Gasteiger partial charge in [0.2, 0.25) is 0 Å². The minimum Gasteiger partial charge on any atom is -0.511 e. The Morgan fingerprint density at radius 2 is 0.976 bits per heavy atom. The fourth-order valence-electron chi connectivity index (χ4n) is 5.44. The molecule has 4 rings (SSSR count). The molecule has 0 heterocycles. The summed E-state index contributed by atoms with van der Waals surface area (Å²) in [6, 6.07) is 13.0. The van der Waals surface area contributed by atoms with E-state index in [1.807, 2.05) is 0 Å². The van der Waals surface area contributed by atoms with E-state index in [4.69, 9.17) is 9.47 Å². The minimum atomic E-state index is -1.85. The third kappa shape index (κ3) is 7.77. The summed E-state index contributed by atoms with van der Waals surface area (Å²) in [5.41, 5.74) is -0.815. The van der Waals surface area contributed by atoms with Gasteiger partial charge in [-0.25, -0.2) is 0 Å². The first-order chi connectivity index (χ1) is 19.8. The van der Waals surface area contributed by atoms with Gasteiger partial charge in [-0.15, -0.1) is 0 Å². The zero-order valence-corrected chi connectivity index (χ0v) is 23.3. The molecule has 8 heteroatoms. The van der Waals surface area contributed by atoms with Crippen molar-refractivity contribution in [1.82, 2.24) is 0 Å². The van der Waals surface area contributed by atoms with Crippen LogP contribution in [0.2, 0.25) is 0 Å². The summed E-state index contributed by atoms with van der Waals surface area (Å²) in [7, 11) is 0. The maximum absolute atomic E-state index is 12.4. The van der Waals surface area contributed by atoms with Crippen LogP contribution < -0.4 is 9.47 Å². The van der Waals surface area contributed by atoms with E-state index in [2.05, 4.69) is 0 Å². The highest BCUT2D eigenvalue weighted by molar-refractivity contribution is 5.76. The van der Waals surface area contributed by atoms with Crippen molar-refractivity contribution in [2.75, 3.05) is 13.2 Å². The van der Waals surface area contributed by atoms with E-state index in [0.29, 0.717) is 22.6 Å². The number of aliphatic hydroxyl groups is 4. The zero-order valence-electron chi connectivity index (χ0n) is 23.3. The monoisotopic (exact) mass is 564 g/mol. The van der Waals surface area contributed by atoms with Crippen molar-refractivity contribution >= 4 is 24.1 Å². The van der Waals surface area contributed by atoms with E-state index >= 15 is 0 Å². The summed E-state index contributed by atoms with van der Waals surface area (Å²) in [4.78, 5) is 24.8. The van der Waals surface area contributed by atoms with E-state index in [1.165, 1.54) is 12.2 Å². The molecule has 0 saturated heterocycles. The van der Waals surface area contributed by atoms with Gasteiger partial charge in [-0.2, -0.15) is 0 Å². The van der Waals surface area contributed by atoms with Crippen LogP contribution in [0.4, 0.5) is 0 Å². The average molecular weight is 565 g/mol. The third-order valence-electron chi connectivity index (χ3n) is 8.20. The summed E-state index contributed by atoms with van der Waals surface area (Å²) < 4.78 is 11.0. The van der Waals surface area contributed by atoms with Crippen LogP contribution in [0, 0.1) is 17.3 Å². The quantitative estimate of drug-likeness (QED) is 0.154. The Balaban J connectivity index is 1.43. The Morgan fingerprint density at radius 3 is 1.29 bits per heavy atom. The predicted molar refractivity (Wildman–Crippen MR) is 155 cm³/mol. The molecule has 0 spiro atoms. The number of benzene rings is 2. The first kappa shape index (κ1) is 30.3. The Labute approximate surface area is 240 Å². The van der Waals surface area contributed by atoms with Gasteiger partial charge in [0, 0.05) is 0 Å². The molecule has 2 fully saturated rings. The van der Waals surface area contributed by atoms with Crippen molar-refractivity contribution < 1.29 is 39.5 Å². The summed E-state index contributed by atoms with van der Waals surface area (Å²) in [6.45, 7) is -1.52. The fraction of sp³-hybridized carbons (Fsp3) is 0.455. The van der Waals surface area contributed by atoms with Crippen LogP contribution in [0.5, 0.6) is 11.5 Å². The molecule has 220 valence electrons. The number of rotatable bonds is 10. The highest BCUT2D eigenvalue weighted by atomic mass is 16.5. The van der Waals surface area contributed by atoms with Gasteiger partial charge in [-0.3, -0.25) is 9.59 Å². The second-order valence-electron chi connectivity index (χ2n) is 11.1. The average Bonchev–Trinajstić information content (AvgIpc) is 3.01. The van der Waals surface area contributed by atoms with Crippen molar-refractivity contribution in [3.8, 4) is 11.5 Å². The van der Waals surface area contributed by atoms with Crippen molar-refractivity contribution in [2.24, 2.45) is 17.3 Å². The number of esters is 2. The first-order valence-electron chi connectivity index (χ1n) is 14.5. The van der Waals surface area contributed by atoms with Crippen molar-refractivity contribution in [3.05, 3.63) is 71.2 Å². The topological polar surface area (TPSA) is 134 Å². The summed E-state index contributed by atoms with van der Waals surface area (Å²) in [5.74, 6) is -0.731. The van der Waals surface area contributed by atoms with Gasteiger partial charge in [0.1, 0.15) is 28.4 Å². The van der Waals surface area contributed by atoms with E-state index < -0.39 is 30.1 Å². The van der Waals surface area contributed by atoms with Crippen LogP contribution in [0.1, 0.15) is 75.3 Å². The number of carbonyl (C=O) groups is 2. The van der Waals surface area contributed by atoms with Gasteiger partial charge in [0.05, 0.1) is 25.0 Å². The largest absolute Gasteiger partial charge is 0.511 e. The molecule has 0 unspecified atom stereocenters. The molecule has 0 atom stereocenters. The number of aliphatic hydroxyl groups excluding tert-OH is 4. The second-order valence-corrected chi connectivity index (χ2v) is 11.1. The normalized spacial score (nSPS) is 17.7. The van der Waals surface area contributed by atoms with E-state index in [9.17, 15) is 30.0 Å². The molecule has 0 aliphatic heterocycles. The summed E-state index contributed by atoms with van der Waals surface area (Å²) in [6.07, 6.45) is 12.4. The van der Waals surface area contributed by atoms with Crippen LogP contribution in [0.15, 0.2) is 60.0 Å². The third-order valence-corrected chi connectivity index (χ3v) is 8.20. The number of ether oxygens (including phenoxy) is 2. The Hall–Kier alpha value is -3.62. The Morgan fingerprint density at radius 1 is 0.634 bits per heavy atom. The first-order valence-corrected chi connectivity index (χ1v) is 14.5. The van der Waals surface area contributed by atoms with Crippen molar-refractivity contribution in [3.63, 3.8) is 0 Å². The molecule has 4 N–H and O–H groups in total. The molecule has 2 aliphatic rings. The Bertz CT molecular complexity index is 1120. The molecule has 8 nitrogen and oxygen atoms in total. The number of carbonyl (C=O) groups excluding carboxylic acids is 2. The lowest BCUT2D eigenvalue weighted by Crippen LogP contribution is -2.34. The minimum absolute atomic E-state index is 0.0791. The van der Waals surface area contributed by atoms with Crippen LogP contribution in [-0.4, -0.2) is 45.6 Å². The maximum Gasteiger partial charge on any atom is 0.314 e. The van der Waals surface area contributed by atoms with E-state index in [1.54, 1.807) is 48.5 Å². The van der Waals surface area contributed by atoms with E-state index in [-0.39, 0.29) is 23.8 Å². The molecule has 2 aliphatic carbocycles. The summed E-state index contributed by atoms with van der Waals surface area (Å²) in [5, 5.41) is 42.1. The molecule has 0 radical (unpaired) electrons. The number of hydrogen-bond donors (Lipinski definition) is 4. The molecule has 0 bridgehead atoms. The van der Waals surface area contributed by atoms with Gasteiger partial charge < -0.3 is 29.9 Å². The van der Waals surface area contributed by atoms with Crippen molar-refractivity contribution in [2.45, 2.75) is 64.2 Å².